The van der Waals surface area contributed by atoms with E-state index in [1.54, 1.807) is 12.1 Å². The summed E-state index contributed by atoms with van der Waals surface area (Å²) in [6, 6.07) is 3.62. The van der Waals surface area contributed by atoms with Crippen LogP contribution in [-0.4, -0.2) is 34.7 Å². The maximum Gasteiger partial charge on any atom is 0.262 e. The van der Waals surface area contributed by atoms with Crippen LogP contribution in [0.5, 0.6) is 11.5 Å². The molecule has 0 saturated heterocycles. The van der Waals surface area contributed by atoms with E-state index in [1.165, 1.54) is 11.0 Å². The summed E-state index contributed by atoms with van der Waals surface area (Å²) >= 11 is 5.41. The average Bonchev–Trinajstić information content (AvgIpc) is 2.72. The molecule has 1 aliphatic rings. The number of hydrogen-bond acceptors (Lipinski definition) is 5. The molecule has 1 aromatic carbocycles. The fourth-order valence-electron chi connectivity index (χ4n) is 4.28. The lowest BCUT2D eigenvalue weighted by atomic mass is 9.78. The largest absolute Gasteiger partial charge is 0.490 e. The van der Waals surface area contributed by atoms with Gasteiger partial charge in [-0.05, 0) is 50.4 Å². The summed E-state index contributed by atoms with van der Waals surface area (Å²) in [5, 5.41) is 3.61. The van der Waals surface area contributed by atoms with Gasteiger partial charge in [0.15, 0.2) is 16.3 Å². The minimum absolute atomic E-state index is 0.0472. The molecule has 2 aromatic rings. The van der Waals surface area contributed by atoms with Crippen molar-refractivity contribution in [3.8, 4) is 11.5 Å². The molecule has 0 radical (unpaired) electrons. The molecule has 1 aromatic heterocycles. The van der Waals surface area contributed by atoms with Crippen LogP contribution in [0.3, 0.4) is 0 Å². The third-order valence-corrected chi connectivity index (χ3v) is 6.58. The first kappa shape index (κ1) is 23.3. The van der Waals surface area contributed by atoms with Crippen LogP contribution >= 0.6 is 12.2 Å². The van der Waals surface area contributed by atoms with Gasteiger partial charge in [-0.1, -0.05) is 26.7 Å². The number of H-pyrrole nitrogens is 1. The Balaban J connectivity index is 1.80. The Bertz CT molecular complexity index is 1050. The van der Waals surface area contributed by atoms with Crippen molar-refractivity contribution in [2.75, 3.05) is 13.2 Å². The van der Waals surface area contributed by atoms with Gasteiger partial charge in [0.05, 0.1) is 24.1 Å². The number of rotatable bonds is 8. The van der Waals surface area contributed by atoms with Crippen molar-refractivity contribution < 1.29 is 14.3 Å². The Morgan fingerprint density at radius 1 is 1.19 bits per heavy atom. The zero-order valence-corrected chi connectivity index (χ0v) is 19.6. The number of fused-ring (bicyclic) bond motifs is 1. The Hall–Kier alpha value is -2.35. The zero-order valence-electron chi connectivity index (χ0n) is 18.8. The van der Waals surface area contributed by atoms with E-state index in [-0.39, 0.29) is 35.2 Å². The molecule has 0 spiro atoms. The van der Waals surface area contributed by atoms with Gasteiger partial charge in [-0.2, -0.15) is 0 Å². The van der Waals surface area contributed by atoms with Gasteiger partial charge in [-0.15, -0.1) is 0 Å². The summed E-state index contributed by atoms with van der Waals surface area (Å²) in [7, 11) is 0. The van der Waals surface area contributed by atoms with Crippen LogP contribution in [0.2, 0.25) is 0 Å². The van der Waals surface area contributed by atoms with E-state index in [0.717, 1.165) is 12.8 Å². The van der Waals surface area contributed by atoms with Gasteiger partial charge in [0.25, 0.3) is 5.56 Å². The second kappa shape index (κ2) is 10.3. The Morgan fingerprint density at radius 2 is 1.87 bits per heavy atom. The number of aromatic nitrogens is 2. The highest BCUT2D eigenvalue weighted by atomic mass is 32.1. The molecule has 3 unspecified atom stereocenters. The summed E-state index contributed by atoms with van der Waals surface area (Å²) in [4.78, 5) is 28.8. The predicted octanol–water partition coefficient (Wildman–Crippen LogP) is 4.19. The monoisotopic (exact) mass is 447 g/mol. The van der Waals surface area contributed by atoms with Crippen LogP contribution in [0.4, 0.5) is 0 Å². The molecule has 0 aliphatic heterocycles. The Kier molecular flexibility index (Phi) is 7.75. The molecule has 3 rings (SSSR count). The lowest BCUT2D eigenvalue weighted by Gasteiger charge is -2.34. The maximum absolute atomic E-state index is 13.1. The van der Waals surface area contributed by atoms with Crippen molar-refractivity contribution in [1.82, 2.24) is 14.9 Å². The summed E-state index contributed by atoms with van der Waals surface area (Å²) in [6.07, 6.45) is 3.56. The first-order chi connectivity index (χ1) is 14.8. The second-order valence-corrected chi connectivity index (χ2v) is 8.68. The molecule has 1 saturated carbocycles. The van der Waals surface area contributed by atoms with Gasteiger partial charge in [-0.25, -0.2) is 0 Å². The predicted molar refractivity (Wildman–Crippen MR) is 124 cm³/mol. The molecule has 2 N–H and O–H groups in total. The number of amides is 1. The van der Waals surface area contributed by atoms with Crippen LogP contribution in [0.15, 0.2) is 16.9 Å². The third-order valence-electron chi connectivity index (χ3n) is 6.26. The van der Waals surface area contributed by atoms with E-state index in [0.29, 0.717) is 47.5 Å². The van der Waals surface area contributed by atoms with Crippen LogP contribution in [-0.2, 0) is 11.3 Å². The van der Waals surface area contributed by atoms with Gasteiger partial charge in [0.1, 0.15) is 0 Å². The highest BCUT2D eigenvalue weighted by molar-refractivity contribution is 7.71. The van der Waals surface area contributed by atoms with Crippen molar-refractivity contribution >= 4 is 29.0 Å². The van der Waals surface area contributed by atoms with Gasteiger partial charge in [0.2, 0.25) is 5.91 Å². The molecule has 1 fully saturated rings. The molecule has 7 nitrogen and oxygen atoms in total. The van der Waals surface area contributed by atoms with Crippen LogP contribution < -0.4 is 20.3 Å². The number of hydrogen-bond donors (Lipinski definition) is 2. The molecule has 31 heavy (non-hydrogen) atoms. The normalized spacial score (nSPS) is 21.1. The van der Waals surface area contributed by atoms with Crippen molar-refractivity contribution in [2.24, 2.45) is 11.8 Å². The first-order valence-corrected chi connectivity index (χ1v) is 11.6. The van der Waals surface area contributed by atoms with Crippen molar-refractivity contribution in [2.45, 2.75) is 66.0 Å². The van der Waals surface area contributed by atoms with Crippen LogP contribution in [0.1, 0.15) is 53.4 Å². The van der Waals surface area contributed by atoms with Gasteiger partial charge in [-0.3, -0.25) is 14.2 Å². The summed E-state index contributed by atoms with van der Waals surface area (Å²) in [5.41, 5.74) is 0.350. The van der Waals surface area contributed by atoms with E-state index in [4.69, 9.17) is 21.7 Å². The highest BCUT2D eigenvalue weighted by Gasteiger charge is 2.28. The molecule has 1 aliphatic carbocycles. The van der Waals surface area contributed by atoms with Gasteiger partial charge < -0.3 is 19.8 Å². The summed E-state index contributed by atoms with van der Waals surface area (Å²) in [6.45, 7) is 9.38. The fourth-order valence-corrected chi connectivity index (χ4v) is 4.56. The number of benzene rings is 1. The number of nitrogens with zero attached hydrogens (tertiary/aromatic N) is 1. The number of aromatic amines is 1. The summed E-state index contributed by atoms with van der Waals surface area (Å²) in [5.74, 6) is 2.10. The van der Waals surface area contributed by atoms with Crippen LogP contribution in [0.25, 0.3) is 10.9 Å². The molecule has 0 bridgehead atoms. The number of carbonyl (C=O) groups is 1. The van der Waals surface area contributed by atoms with Crippen molar-refractivity contribution in [1.29, 1.82) is 0 Å². The zero-order chi connectivity index (χ0) is 22.5. The van der Waals surface area contributed by atoms with E-state index in [1.807, 2.05) is 13.8 Å². The molecular weight excluding hydrogens is 414 g/mol. The quantitative estimate of drug-likeness (QED) is 0.593. The molecule has 1 heterocycles. The fraction of sp³-hybridized carbons (Fsp3) is 0.609. The maximum atomic E-state index is 13.1. The topological polar surface area (TPSA) is 85.4 Å². The standard InChI is InChI=1S/C23H33N3O4S/c1-5-29-19-12-16-18(13-20(19)30-6-2)25-23(31)26(22(16)28)11-10-21(27)24-17-9-7-8-14(3)15(17)4/h12-15,17H,5-11H2,1-4H3,(H,24,27)(H,25,31). The number of nitrogens with one attached hydrogen (secondary N) is 2. The number of ether oxygens (including phenoxy) is 2. The van der Waals surface area contributed by atoms with Gasteiger partial charge >= 0.3 is 0 Å². The third kappa shape index (κ3) is 5.29. The minimum atomic E-state index is -0.241. The lowest BCUT2D eigenvalue weighted by molar-refractivity contribution is -0.122. The molecule has 1 amide bonds. The highest BCUT2D eigenvalue weighted by Crippen LogP contribution is 2.31. The second-order valence-electron chi connectivity index (χ2n) is 8.29. The van der Waals surface area contributed by atoms with Gasteiger partial charge in [0, 0.05) is 25.1 Å². The van der Waals surface area contributed by atoms with E-state index < -0.39 is 0 Å². The minimum Gasteiger partial charge on any atom is -0.490 e. The summed E-state index contributed by atoms with van der Waals surface area (Å²) < 4.78 is 13.0. The first-order valence-electron chi connectivity index (χ1n) is 11.2. The molecule has 3 atom stereocenters. The molecular formula is C23H33N3O4S. The Morgan fingerprint density at radius 3 is 2.55 bits per heavy atom. The van der Waals surface area contributed by atoms with E-state index in [9.17, 15) is 9.59 Å². The lowest BCUT2D eigenvalue weighted by Crippen LogP contribution is -2.44. The van der Waals surface area contributed by atoms with E-state index >= 15 is 0 Å². The van der Waals surface area contributed by atoms with Crippen molar-refractivity contribution in [3.63, 3.8) is 0 Å². The molecule has 170 valence electrons. The Labute approximate surface area is 188 Å². The van der Waals surface area contributed by atoms with E-state index in [2.05, 4.69) is 24.1 Å². The number of carbonyl (C=O) groups excluding carboxylic acids is 1. The molecule has 8 heteroatoms. The van der Waals surface area contributed by atoms with Crippen LogP contribution in [0, 0.1) is 16.6 Å². The average molecular weight is 448 g/mol. The van der Waals surface area contributed by atoms with Crippen molar-refractivity contribution in [3.05, 3.63) is 27.3 Å². The SMILES string of the molecule is CCOc1cc2[nH]c(=S)n(CCC(=O)NC3CCCC(C)C3C)c(=O)c2cc1OCC. The smallest absolute Gasteiger partial charge is 0.262 e.